The zero-order chi connectivity index (χ0) is 17.1. The summed E-state index contributed by atoms with van der Waals surface area (Å²) in [5, 5.41) is 3.59. The van der Waals surface area contributed by atoms with Crippen molar-refractivity contribution in [3.8, 4) is 5.75 Å². The molecule has 7 heteroatoms. The number of nitrogens with two attached hydrogens (primary N) is 1. The second-order valence-electron chi connectivity index (χ2n) is 5.44. The van der Waals surface area contributed by atoms with Crippen LogP contribution in [0.4, 0.5) is 5.69 Å². The summed E-state index contributed by atoms with van der Waals surface area (Å²) in [6.45, 7) is 8.50. The second kappa shape index (κ2) is 13.5. The Kier molecular flexibility index (Phi) is 13.1. The number of anilines is 1. The summed E-state index contributed by atoms with van der Waals surface area (Å²) in [6, 6.07) is 5.43. The van der Waals surface area contributed by atoms with E-state index in [4.69, 9.17) is 22.1 Å². The Bertz CT molecular complexity index is 493. The van der Waals surface area contributed by atoms with E-state index in [2.05, 4.69) is 29.1 Å². The van der Waals surface area contributed by atoms with E-state index in [-0.39, 0.29) is 24.0 Å². The van der Waals surface area contributed by atoms with Crippen LogP contribution in [0.5, 0.6) is 5.75 Å². The van der Waals surface area contributed by atoms with Crippen LogP contribution in [-0.4, -0.2) is 44.1 Å². The maximum atomic E-state index is 6.08. The van der Waals surface area contributed by atoms with E-state index in [0.29, 0.717) is 23.3 Å². The Morgan fingerprint density at radius 3 is 2.46 bits per heavy atom. The summed E-state index contributed by atoms with van der Waals surface area (Å²) in [5.74, 6) is 1.04. The number of hydrogen-bond donors (Lipinski definition) is 2. The molecule has 1 rings (SSSR count). The van der Waals surface area contributed by atoms with E-state index in [9.17, 15) is 0 Å². The lowest BCUT2D eigenvalue weighted by Gasteiger charge is -2.20. The number of halogens is 2. The standard InChI is InChI=1S/C17H29ClN4O.HI/c1-4-10-22(11-5-2)12-6-9-20-17(19)21-14-7-8-16(23-3)15(18)13-14;/h7-8,13H,4-6,9-12H2,1-3H3,(H3,19,20,21);1H. The summed E-state index contributed by atoms with van der Waals surface area (Å²) >= 11 is 6.08. The number of nitrogens with one attached hydrogen (secondary N) is 1. The zero-order valence-corrected chi connectivity index (χ0v) is 17.9. The molecule has 0 aliphatic carbocycles. The van der Waals surface area contributed by atoms with Gasteiger partial charge in [0.2, 0.25) is 0 Å². The van der Waals surface area contributed by atoms with Crippen LogP contribution >= 0.6 is 35.6 Å². The fourth-order valence-electron chi connectivity index (χ4n) is 2.39. The molecule has 1 aromatic carbocycles. The monoisotopic (exact) mass is 468 g/mol. The van der Waals surface area contributed by atoms with Gasteiger partial charge in [0.05, 0.1) is 12.1 Å². The fourth-order valence-corrected chi connectivity index (χ4v) is 2.65. The normalized spacial score (nSPS) is 11.3. The Morgan fingerprint density at radius 1 is 1.25 bits per heavy atom. The maximum absolute atomic E-state index is 6.08. The lowest BCUT2D eigenvalue weighted by atomic mass is 10.3. The van der Waals surface area contributed by atoms with Crippen LogP contribution < -0.4 is 15.8 Å². The molecule has 0 aromatic heterocycles. The molecule has 138 valence electrons. The molecule has 0 fully saturated rings. The average Bonchev–Trinajstić information content (AvgIpc) is 2.52. The number of nitrogens with zero attached hydrogens (tertiary/aromatic N) is 2. The van der Waals surface area contributed by atoms with Crippen molar-refractivity contribution in [1.29, 1.82) is 0 Å². The molecule has 0 bridgehead atoms. The highest BCUT2D eigenvalue weighted by Crippen LogP contribution is 2.26. The Labute approximate surface area is 168 Å². The molecule has 0 amide bonds. The molecule has 0 aliphatic rings. The molecular formula is C17H30ClIN4O. The first-order valence-corrected chi connectivity index (χ1v) is 8.61. The smallest absolute Gasteiger partial charge is 0.193 e. The van der Waals surface area contributed by atoms with Gasteiger partial charge in [-0.15, -0.1) is 24.0 Å². The predicted molar refractivity (Wildman–Crippen MR) is 115 cm³/mol. The minimum Gasteiger partial charge on any atom is -0.495 e. The topological polar surface area (TPSA) is 62.9 Å². The summed E-state index contributed by atoms with van der Waals surface area (Å²) in [6.07, 6.45) is 3.38. The molecule has 0 saturated heterocycles. The first kappa shape index (κ1) is 23.3. The summed E-state index contributed by atoms with van der Waals surface area (Å²) in [5.41, 5.74) is 6.71. The number of guanidine groups is 1. The van der Waals surface area contributed by atoms with E-state index in [1.54, 1.807) is 19.2 Å². The lowest BCUT2D eigenvalue weighted by molar-refractivity contribution is 0.273. The molecule has 0 unspecified atom stereocenters. The Hall–Kier alpha value is -0.730. The molecule has 0 radical (unpaired) electrons. The molecule has 0 spiro atoms. The van der Waals surface area contributed by atoms with Gasteiger partial charge in [-0.25, -0.2) is 0 Å². The van der Waals surface area contributed by atoms with Gasteiger partial charge < -0.3 is 20.7 Å². The van der Waals surface area contributed by atoms with Gasteiger partial charge in [0.25, 0.3) is 0 Å². The van der Waals surface area contributed by atoms with Gasteiger partial charge in [-0.1, -0.05) is 25.4 Å². The summed E-state index contributed by atoms with van der Waals surface area (Å²) in [4.78, 5) is 6.84. The molecule has 24 heavy (non-hydrogen) atoms. The van der Waals surface area contributed by atoms with Crippen LogP contribution in [-0.2, 0) is 0 Å². The van der Waals surface area contributed by atoms with Crippen LogP contribution in [0.1, 0.15) is 33.1 Å². The first-order valence-electron chi connectivity index (χ1n) is 8.23. The van der Waals surface area contributed by atoms with Crippen molar-refractivity contribution in [3.63, 3.8) is 0 Å². The molecule has 3 N–H and O–H groups in total. The molecule has 0 saturated carbocycles. The van der Waals surface area contributed by atoms with Gasteiger partial charge in [0.15, 0.2) is 5.96 Å². The lowest BCUT2D eigenvalue weighted by Crippen LogP contribution is -2.27. The van der Waals surface area contributed by atoms with Gasteiger partial charge >= 0.3 is 0 Å². The third kappa shape index (κ3) is 8.94. The highest BCUT2D eigenvalue weighted by atomic mass is 127. The SMILES string of the molecule is CCCN(CCC)CCCN=C(N)Nc1ccc(OC)c(Cl)c1.I. The van der Waals surface area contributed by atoms with Crippen LogP contribution in [0.15, 0.2) is 23.2 Å². The summed E-state index contributed by atoms with van der Waals surface area (Å²) in [7, 11) is 1.59. The largest absolute Gasteiger partial charge is 0.495 e. The van der Waals surface area contributed by atoms with Gasteiger partial charge in [-0.2, -0.15) is 0 Å². The number of aliphatic imine (C=N–C) groups is 1. The van der Waals surface area contributed by atoms with Crippen molar-refractivity contribution in [2.24, 2.45) is 10.7 Å². The maximum Gasteiger partial charge on any atom is 0.193 e. The summed E-state index contributed by atoms with van der Waals surface area (Å²) < 4.78 is 5.12. The third-order valence-electron chi connectivity index (χ3n) is 3.42. The highest BCUT2D eigenvalue weighted by Gasteiger charge is 2.03. The van der Waals surface area contributed by atoms with Crippen molar-refractivity contribution >= 4 is 47.2 Å². The van der Waals surface area contributed by atoms with E-state index in [1.165, 1.54) is 12.8 Å². The number of benzene rings is 1. The second-order valence-corrected chi connectivity index (χ2v) is 5.84. The molecule has 1 aromatic rings. The van der Waals surface area contributed by atoms with Crippen molar-refractivity contribution < 1.29 is 4.74 Å². The van der Waals surface area contributed by atoms with Gasteiger partial charge in [0.1, 0.15) is 5.75 Å². The molecule has 0 aliphatic heterocycles. The van der Waals surface area contributed by atoms with Crippen molar-refractivity contribution in [1.82, 2.24) is 4.90 Å². The van der Waals surface area contributed by atoms with Gasteiger partial charge in [0, 0.05) is 12.2 Å². The molecule has 0 heterocycles. The van der Waals surface area contributed by atoms with Crippen LogP contribution in [0.25, 0.3) is 0 Å². The van der Waals surface area contributed by atoms with E-state index in [1.807, 2.05) is 6.07 Å². The molecular weight excluding hydrogens is 439 g/mol. The first-order chi connectivity index (χ1) is 11.1. The van der Waals surface area contributed by atoms with E-state index < -0.39 is 0 Å². The number of methoxy groups -OCH3 is 1. The van der Waals surface area contributed by atoms with Crippen molar-refractivity contribution in [3.05, 3.63) is 23.2 Å². The minimum atomic E-state index is 0. The third-order valence-corrected chi connectivity index (χ3v) is 3.71. The highest BCUT2D eigenvalue weighted by molar-refractivity contribution is 14.0. The Morgan fingerprint density at radius 2 is 1.92 bits per heavy atom. The van der Waals surface area contributed by atoms with Crippen LogP contribution in [0.3, 0.4) is 0 Å². The predicted octanol–water partition coefficient (Wildman–Crippen LogP) is 4.21. The number of rotatable bonds is 10. The minimum absolute atomic E-state index is 0. The molecule has 5 nitrogen and oxygen atoms in total. The van der Waals surface area contributed by atoms with Crippen molar-refractivity contribution in [2.45, 2.75) is 33.1 Å². The van der Waals surface area contributed by atoms with Crippen LogP contribution in [0.2, 0.25) is 5.02 Å². The quantitative estimate of drug-likeness (QED) is 0.234. The van der Waals surface area contributed by atoms with Crippen molar-refractivity contribution in [2.75, 3.05) is 38.6 Å². The average molecular weight is 469 g/mol. The van der Waals surface area contributed by atoms with E-state index >= 15 is 0 Å². The van der Waals surface area contributed by atoms with Gasteiger partial charge in [-0.05, 0) is 57.1 Å². The Balaban J connectivity index is 0.00000529. The fraction of sp³-hybridized carbons (Fsp3) is 0.588. The molecule has 0 atom stereocenters. The zero-order valence-electron chi connectivity index (χ0n) is 14.8. The number of ether oxygens (including phenoxy) is 1. The van der Waals surface area contributed by atoms with E-state index in [0.717, 1.165) is 31.7 Å². The van der Waals surface area contributed by atoms with Gasteiger partial charge in [-0.3, -0.25) is 4.99 Å². The van der Waals surface area contributed by atoms with Crippen LogP contribution in [0, 0.1) is 0 Å². The number of hydrogen-bond acceptors (Lipinski definition) is 3.